The Labute approximate surface area is 160 Å². The number of halogens is 3. The van der Waals surface area contributed by atoms with E-state index in [0.717, 1.165) is 31.2 Å². The summed E-state index contributed by atoms with van der Waals surface area (Å²) in [7, 11) is -3.39. The van der Waals surface area contributed by atoms with E-state index in [1.165, 1.54) is 6.07 Å². The van der Waals surface area contributed by atoms with Crippen molar-refractivity contribution in [2.24, 2.45) is 5.92 Å². The molecular formula is C19H19F3N2O3S. The number of hydrogen-bond acceptors (Lipinski definition) is 4. The van der Waals surface area contributed by atoms with Crippen LogP contribution in [0.15, 0.2) is 47.5 Å². The maximum Gasteiger partial charge on any atom is 0.433 e. The van der Waals surface area contributed by atoms with Gasteiger partial charge in [0.25, 0.3) is 5.91 Å². The second-order valence-corrected chi connectivity index (χ2v) is 8.97. The minimum atomic E-state index is -4.57. The third kappa shape index (κ3) is 4.52. The number of alkyl halides is 3. The average Bonchev–Trinajstić information content (AvgIpc) is 3.50. The number of carbonyl (C=O) groups is 1. The molecule has 0 spiro atoms. The van der Waals surface area contributed by atoms with Gasteiger partial charge in [-0.25, -0.2) is 8.42 Å². The standard InChI is InChI=1S/C19H19F3N2O3S/c1-2-28(26,27)15-5-3-4-13(10-15)17(12-6-7-12)24-18(25)14-8-9-16(23-11-14)19(20,21)22/h3-5,8-12,17H,2,6-7H2,1H3,(H,24,25)/t17-/m1/s1. The van der Waals surface area contributed by atoms with Crippen molar-refractivity contribution in [1.29, 1.82) is 0 Å². The molecule has 1 aliphatic rings. The summed E-state index contributed by atoms with van der Waals surface area (Å²) in [4.78, 5) is 16.0. The molecule has 1 fully saturated rings. The Morgan fingerprint density at radius 3 is 2.50 bits per heavy atom. The summed E-state index contributed by atoms with van der Waals surface area (Å²) >= 11 is 0. The fourth-order valence-electron chi connectivity index (χ4n) is 2.89. The van der Waals surface area contributed by atoms with Gasteiger partial charge in [0.1, 0.15) is 5.69 Å². The lowest BCUT2D eigenvalue weighted by Crippen LogP contribution is -2.30. The van der Waals surface area contributed by atoms with Gasteiger partial charge in [-0.05, 0) is 48.6 Å². The topological polar surface area (TPSA) is 76.1 Å². The van der Waals surface area contributed by atoms with Crippen LogP contribution in [0, 0.1) is 5.92 Å². The Kier molecular flexibility index (Phi) is 5.47. The van der Waals surface area contributed by atoms with E-state index in [4.69, 9.17) is 0 Å². The largest absolute Gasteiger partial charge is 0.433 e. The highest BCUT2D eigenvalue weighted by molar-refractivity contribution is 7.91. The molecule has 1 atom stereocenters. The number of aromatic nitrogens is 1. The first kappa shape index (κ1) is 20.3. The highest BCUT2D eigenvalue weighted by Gasteiger charge is 2.35. The number of hydrogen-bond donors (Lipinski definition) is 1. The van der Waals surface area contributed by atoms with E-state index in [0.29, 0.717) is 5.56 Å². The van der Waals surface area contributed by atoms with Crippen molar-refractivity contribution in [2.75, 3.05) is 5.75 Å². The number of rotatable bonds is 6. The minimum absolute atomic E-state index is 0.0102. The third-order valence-corrected chi connectivity index (χ3v) is 6.38. The zero-order valence-electron chi connectivity index (χ0n) is 15.0. The van der Waals surface area contributed by atoms with Gasteiger partial charge in [0.15, 0.2) is 9.84 Å². The molecule has 0 saturated heterocycles. The molecule has 0 aliphatic heterocycles. The predicted molar refractivity (Wildman–Crippen MR) is 96.3 cm³/mol. The van der Waals surface area contributed by atoms with E-state index in [-0.39, 0.29) is 22.1 Å². The van der Waals surface area contributed by atoms with Crippen molar-refractivity contribution in [2.45, 2.75) is 36.9 Å². The fourth-order valence-corrected chi connectivity index (χ4v) is 3.83. The van der Waals surface area contributed by atoms with Gasteiger partial charge in [-0.15, -0.1) is 0 Å². The molecule has 1 aromatic carbocycles. The summed E-state index contributed by atoms with van der Waals surface area (Å²) in [6.45, 7) is 1.56. The summed E-state index contributed by atoms with van der Waals surface area (Å²) in [5, 5.41) is 2.81. The smallest absolute Gasteiger partial charge is 0.345 e. The molecule has 5 nitrogen and oxygen atoms in total. The van der Waals surface area contributed by atoms with Crippen molar-refractivity contribution in [3.8, 4) is 0 Å². The quantitative estimate of drug-likeness (QED) is 0.784. The highest BCUT2D eigenvalue weighted by atomic mass is 32.2. The first-order chi connectivity index (χ1) is 13.1. The second kappa shape index (κ2) is 7.54. The molecule has 0 unspecified atom stereocenters. The first-order valence-electron chi connectivity index (χ1n) is 8.78. The van der Waals surface area contributed by atoms with E-state index in [1.807, 2.05) is 0 Å². The van der Waals surface area contributed by atoms with Gasteiger partial charge in [0.05, 0.1) is 22.3 Å². The molecule has 1 amide bonds. The Morgan fingerprint density at radius 2 is 1.96 bits per heavy atom. The second-order valence-electron chi connectivity index (χ2n) is 6.69. The van der Waals surface area contributed by atoms with Crippen molar-refractivity contribution in [1.82, 2.24) is 10.3 Å². The van der Waals surface area contributed by atoms with Crippen LogP contribution in [0.4, 0.5) is 13.2 Å². The molecule has 1 heterocycles. The zero-order valence-corrected chi connectivity index (χ0v) is 15.8. The van der Waals surface area contributed by atoms with E-state index < -0.39 is 33.7 Å². The van der Waals surface area contributed by atoms with Gasteiger partial charge in [-0.1, -0.05) is 19.1 Å². The van der Waals surface area contributed by atoms with E-state index in [9.17, 15) is 26.4 Å². The normalized spacial score (nSPS) is 15.9. The van der Waals surface area contributed by atoms with Crippen LogP contribution >= 0.6 is 0 Å². The minimum Gasteiger partial charge on any atom is -0.345 e. The number of nitrogens with one attached hydrogen (secondary N) is 1. The molecule has 0 radical (unpaired) electrons. The summed E-state index contributed by atoms with van der Waals surface area (Å²) in [6.07, 6.45) is -1.93. The third-order valence-electron chi connectivity index (χ3n) is 4.65. The van der Waals surface area contributed by atoms with Crippen LogP contribution in [0.5, 0.6) is 0 Å². The number of amides is 1. The number of benzene rings is 1. The van der Waals surface area contributed by atoms with Gasteiger partial charge in [0.2, 0.25) is 0 Å². The molecule has 150 valence electrons. The lowest BCUT2D eigenvalue weighted by atomic mass is 10.0. The number of pyridine rings is 1. The van der Waals surface area contributed by atoms with Crippen LogP contribution in [0.25, 0.3) is 0 Å². The van der Waals surface area contributed by atoms with Crippen molar-refractivity contribution < 1.29 is 26.4 Å². The van der Waals surface area contributed by atoms with Gasteiger partial charge in [0, 0.05) is 6.20 Å². The van der Waals surface area contributed by atoms with Gasteiger partial charge < -0.3 is 5.32 Å². The highest BCUT2D eigenvalue weighted by Crippen LogP contribution is 2.41. The van der Waals surface area contributed by atoms with Crippen LogP contribution in [-0.2, 0) is 16.0 Å². The van der Waals surface area contributed by atoms with Gasteiger partial charge in [-0.3, -0.25) is 9.78 Å². The molecule has 28 heavy (non-hydrogen) atoms. The summed E-state index contributed by atoms with van der Waals surface area (Å²) in [6, 6.07) is 7.84. The summed E-state index contributed by atoms with van der Waals surface area (Å²) < 4.78 is 62.1. The lowest BCUT2D eigenvalue weighted by molar-refractivity contribution is -0.141. The van der Waals surface area contributed by atoms with Crippen LogP contribution in [0.3, 0.4) is 0 Å². The van der Waals surface area contributed by atoms with Crippen LogP contribution in [0.2, 0.25) is 0 Å². The van der Waals surface area contributed by atoms with E-state index >= 15 is 0 Å². The van der Waals surface area contributed by atoms with Crippen molar-refractivity contribution >= 4 is 15.7 Å². The molecule has 1 N–H and O–H groups in total. The fraction of sp³-hybridized carbons (Fsp3) is 0.368. The molecule has 9 heteroatoms. The SMILES string of the molecule is CCS(=O)(=O)c1cccc([C@H](NC(=O)c2ccc(C(F)(F)F)nc2)C2CC2)c1. The Balaban J connectivity index is 1.83. The van der Waals surface area contributed by atoms with Crippen LogP contribution in [0.1, 0.15) is 47.4 Å². The van der Waals surface area contributed by atoms with E-state index in [1.54, 1.807) is 25.1 Å². The predicted octanol–water partition coefficient (Wildman–Crippen LogP) is 3.78. The number of nitrogens with zero attached hydrogens (tertiary/aromatic N) is 1. The van der Waals surface area contributed by atoms with Crippen molar-refractivity contribution in [3.63, 3.8) is 0 Å². The average molecular weight is 412 g/mol. The maximum absolute atomic E-state index is 12.6. The Morgan fingerprint density at radius 1 is 1.25 bits per heavy atom. The number of sulfone groups is 1. The number of carbonyl (C=O) groups excluding carboxylic acids is 1. The molecule has 1 saturated carbocycles. The Bertz CT molecular complexity index is 969. The molecule has 2 aromatic rings. The lowest BCUT2D eigenvalue weighted by Gasteiger charge is -2.20. The maximum atomic E-state index is 12.6. The van der Waals surface area contributed by atoms with Crippen LogP contribution in [-0.4, -0.2) is 25.1 Å². The molecule has 1 aliphatic carbocycles. The van der Waals surface area contributed by atoms with Gasteiger partial charge >= 0.3 is 6.18 Å². The van der Waals surface area contributed by atoms with E-state index in [2.05, 4.69) is 10.3 Å². The Hall–Kier alpha value is -2.42. The summed E-state index contributed by atoms with van der Waals surface area (Å²) in [5.74, 6) is -0.429. The molecule has 3 rings (SSSR count). The van der Waals surface area contributed by atoms with Crippen LogP contribution < -0.4 is 5.32 Å². The van der Waals surface area contributed by atoms with Gasteiger partial charge in [-0.2, -0.15) is 13.2 Å². The zero-order chi connectivity index (χ0) is 20.5. The molecule has 1 aromatic heterocycles. The molecular weight excluding hydrogens is 393 g/mol. The monoisotopic (exact) mass is 412 g/mol. The van der Waals surface area contributed by atoms with Crippen molar-refractivity contribution in [3.05, 3.63) is 59.4 Å². The molecule has 0 bridgehead atoms. The summed E-state index contributed by atoms with van der Waals surface area (Å²) in [5.41, 5.74) is -0.401. The first-order valence-corrected chi connectivity index (χ1v) is 10.4.